The molecule has 2 rings (SSSR count). The number of rotatable bonds is 8. The lowest BCUT2D eigenvalue weighted by Gasteiger charge is -2.12. The van der Waals surface area contributed by atoms with Gasteiger partial charge in [-0.1, -0.05) is 19.1 Å². The van der Waals surface area contributed by atoms with E-state index in [9.17, 15) is 0 Å². The minimum absolute atomic E-state index is 0.500. The van der Waals surface area contributed by atoms with E-state index in [4.69, 9.17) is 4.74 Å². The number of hydrogen-bond acceptors (Lipinski definition) is 3. The first-order valence-electron chi connectivity index (χ1n) is 7.60. The van der Waals surface area contributed by atoms with Crippen LogP contribution in [0.4, 0.5) is 0 Å². The Morgan fingerprint density at radius 1 is 1.29 bits per heavy atom. The maximum Gasteiger partial charge on any atom is 0.146 e. The second-order valence-corrected chi connectivity index (χ2v) is 5.38. The summed E-state index contributed by atoms with van der Waals surface area (Å²) in [6, 6.07) is 8.93. The van der Waals surface area contributed by atoms with Gasteiger partial charge >= 0.3 is 0 Å². The summed E-state index contributed by atoms with van der Waals surface area (Å²) in [5.41, 5.74) is 1.35. The normalized spacial score (nSPS) is 12.3. The van der Waals surface area contributed by atoms with Crippen molar-refractivity contribution in [3.05, 3.63) is 48.0 Å². The van der Waals surface area contributed by atoms with Gasteiger partial charge in [0.2, 0.25) is 0 Å². The first-order chi connectivity index (χ1) is 10.2. The molecule has 2 aromatic rings. The van der Waals surface area contributed by atoms with Crippen molar-refractivity contribution in [3.63, 3.8) is 0 Å². The van der Waals surface area contributed by atoms with E-state index >= 15 is 0 Å². The van der Waals surface area contributed by atoms with Crippen LogP contribution in [0.1, 0.15) is 31.7 Å². The van der Waals surface area contributed by atoms with Gasteiger partial charge in [-0.25, -0.2) is 4.98 Å². The van der Waals surface area contributed by atoms with E-state index in [0.717, 1.165) is 31.0 Å². The minimum atomic E-state index is 0.500. The second kappa shape index (κ2) is 7.84. The van der Waals surface area contributed by atoms with Gasteiger partial charge in [0, 0.05) is 25.5 Å². The molecule has 114 valence electrons. The zero-order valence-electron chi connectivity index (χ0n) is 13.2. The molecule has 1 unspecified atom stereocenters. The summed E-state index contributed by atoms with van der Waals surface area (Å²) in [5.74, 6) is 1.82. The number of imidazole rings is 1. The molecule has 0 aliphatic carbocycles. The molecule has 0 saturated carbocycles. The van der Waals surface area contributed by atoms with E-state index in [-0.39, 0.29) is 0 Å². The third-order valence-electron chi connectivity index (χ3n) is 3.63. The van der Waals surface area contributed by atoms with Crippen molar-refractivity contribution >= 4 is 0 Å². The molecule has 21 heavy (non-hydrogen) atoms. The highest BCUT2D eigenvalue weighted by molar-refractivity contribution is 5.27. The molecule has 4 heteroatoms. The molecule has 4 nitrogen and oxygen atoms in total. The number of ether oxygens (including phenoxy) is 1. The molecule has 0 bridgehead atoms. The van der Waals surface area contributed by atoms with Crippen LogP contribution in [-0.2, 0) is 20.1 Å². The Hall–Kier alpha value is -1.81. The van der Waals surface area contributed by atoms with Gasteiger partial charge in [0.05, 0.1) is 0 Å². The average Bonchev–Trinajstić information content (AvgIpc) is 2.90. The zero-order chi connectivity index (χ0) is 15.1. The Balaban J connectivity index is 1.80. The highest BCUT2D eigenvalue weighted by Crippen LogP contribution is 2.15. The molecule has 0 radical (unpaired) electrons. The molecule has 0 aliphatic heterocycles. The third-order valence-corrected chi connectivity index (χ3v) is 3.63. The van der Waals surface area contributed by atoms with Gasteiger partial charge in [-0.3, -0.25) is 0 Å². The van der Waals surface area contributed by atoms with Gasteiger partial charge < -0.3 is 14.6 Å². The highest BCUT2D eigenvalue weighted by atomic mass is 16.5. The molecule has 0 amide bonds. The van der Waals surface area contributed by atoms with E-state index in [1.165, 1.54) is 5.56 Å². The quantitative estimate of drug-likeness (QED) is 0.811. The predicted octanol–water partition coefficient (Wildman–Crippen LogP) is 2.93. The third kappa shape index (κ3) is 4.90. The zero-order valence-corrected chi connectivity index (χ0v) is 13.2. The van der Waals surface area contributed by atoms with Crippen molar-refractivity contribution in [1.82, 2.24) is 14.9 Å². The fourth-order valence-corrected chi connectivity index (χ4v) is 2.27. The molecular formula is C17H25N3O. The number of aryl methyl sites for hydroxylation is 2. The van der Waals surface area contributed by atoms with E-state index in [0.29, 0.717) is 12.6 Å². The van der Waals surface area contributed by atoms with Crippen LogP contribution in [0.2, 0.25) is 0 Å². The monoisotopic (exact) mass is 287 g/mol. The van der Waals surface area contributed by atoms with E-state index in [1.807, 2.05) is 29.9 Å². The molecule has 1 heterocycles. The van der Waals surface area contributed by atoms with E-state index < -0.39 is 0 Å². The number of nitrogens with one attached hydrogen (secondary N) is 1. The Morgan fingerprint density at radius 3 is 2.67 bits per heavy atom. The van der Waals surface area contributed by atoms with E-state index in [1.54, 1.807) is 6.20 Å². The summed E-state index contributed by atoms with van der Waals surface area (Å²) in [4.78, 5) is 4.25. The molecule has 0 spiro atoms. The molecule has 0 saturated heterocycles. The molecular weight excluding hydrogens is 262 g/mol. The lowest BCUT2D eigenvalue weighted by Crippen LogP contribution is -2.25. The predicted molar refractivity (Wildman–Crippen MR) is 85.4 cm³/mol. The largest absolute Gasteiger partial charge is 0.486 e. The van der Waals surface area contributed by atoms with Crippen molar-refractivity contribution in [2.75, 3.05) is 6.54 Å². The Bertz CT molecular complexity index is 533. The van der Waals surface area contributed by atoms with Crippen LogP contribution in [-0.4, -0.2) is 22.1 Å². The molecule has 0 aliphatic rings. The van der Waals surface area contributed by atoms with Gasteiger partial charge in [0.15, 0.2) is 0 Å². The van der Waals surface area contributed by atoms with Crippen molar-refractivity contribution in [1.29, 1.82) is 0 Å². The van der Waals surface area contributed by atoms with Gasteiger partial charge in [-0.15, -0.1) is 0 Å². The van der Waals surface area contributed by atoms with Gasteiger partial charge in [0.1, 0.15) is 18.2 Å². The second-order valence-electron chi connectivity index (χ2n) is 5.38. The number of hydrogen-bond donors (Lipinski definition) is 1. The van der Waals surface area contributed by atoms with Gasteiger partial charge in [-0.05, 0) is 44.0 Å². The summed E-state index contributed by atoms with van der Waals surface area (Å²) >= 11 is 0. The van der Waals surface area contributed by atoms with E-state index in [2.05, 4.69) is 36.3 Å². The number of nitrogens with zero attached hydrogens (tertiary/aromatic N) is 2. The van der Waals surface area contributed by atoms with Crippen LogP contribution in [0.15, 0.2) is 36.7 Å². The maximum absolute atomic E-state index is 5.75. The van der Waals surface area contributed by atoms with Crippen molar-refractivity contribution in [3.8, 4) is 5.75 Å². The average molecular weight is 287 g/mol. The maximum atomic E-state index is 5.75. The topological polar surface area (TPSA) is 39.1 Å². The molecule has 0 fully saturated rings. The van der Waals surface area contributed by atoms with Crippen LogP contribution in [0.3, 0.4) is 0 Å². The van der Waals surface area contributed by atoms with Crippen LogP contribution >= 0.6 is 0 Å². The summed E-state index contributed by atoms with van der Waals surface area (Å²) in [6.45, 7) is 5.90. The smallest absolute Gasteiger partial charge is 0.146 e. The van der Waals surface area contributed by atoms with Crippen LogP contribution in [0, 0.1) is 0 Å². The summed E-state index contributed by atoms with van der Waals surface area (Å²) < 4.78 is 7.72. The fourth-order valence-electron chi connectivity index (χ4n) is 2.27. The summed E-state index contributed by atoms with van der Waals surface area (Å²) in [7, 11) is 1.97. The molecule has 1 atom stereocenters. The van der Waals surface area contributed by atoms with Crippen LogP contribution < -0.4 is 10.1 Å². The minimum Gasteiger partial charge on any atom is -0.486 e. The number of benzene rings is 1. The highest BCUT2D eigenvalue weighted by Gasteiger charge is 2.03. The summed E-state index contributed by atoms with van der Waals surface area (Å²) in [5, 5.41) is 3.43. The van der Waals surface area contributed by atoms with Crippen LogP contribution in [0.25, 0.3) is 0 Å². The lowest BCUT2D eigenvalue weighted by molar-refractivity contribution is 0.291. The molecule has 1 N–H and O–H groups in total. The molecule has 1 aromatic carbocycles. The van der Waals surface area contributed by atoms with Crippen molar-refractivity contribution in [2.24, 2.45) is 7.05 Å². The van der Waals surface area contributed by atoms with Crippen molar-refractivity contribution in [2.45, 2.75) is 39.3 Å². The Kier molecular flexibility index (Phi) is 5.81. The Morgan fingerprint density at radius 2 is 2.05 bits per heavy atom. The fraction of sp³-hybridized carbons (Fsp3) is 0.471. The molecule has 1 aromatic heterocycles. The van der Waals surface area contributed by atoms with Gasteiger partial charge in [0.25, 0.3) is 0 Å². The summed E-state index contributed by atoms with van der Waals surface area (Å²) in [6.07, 6.45) is 5.95. The first-order valence-corrected chi connectivity index (χ1v) is 7.60. The van der Waals surface area contributed by atoms with Crippen LogP contribution in [0.5, 0.6) is 5.75 Å². The standard InChI is InChI=1S/C17H25N3O/c1-4-18-14(2)5-6-15-7-9-16(10-8-15)21-13-17-19-11-12-20(17)3/h7-12,14,18H,4-6,13H2,1-3H3. The Labute approximate surface area is 127 Å². The first kappa shape index (κ1) is 15.6. The SMILES string of the molecule is CCNC(C)CCc1ccc(OCc2nccn2C)cc1. The lowest BCUT2D eigenvalue weighted by atomic mass is 10.1. The number of aromatic nitrogens is 2. The van der Waals surface area contributed by atoms with Crippen molar-refractivity contribution < 1.29 is 4.74 Å². The van der Waals surface area contributed by atoms with Gasteiger partial charge in [-0.2, -0.15) is 0 Å².